The van der Waals surface area contributed by atoms with Gasteiger partial charge in [-0.2, -0.15) is 0 Å². The number of anilines is 2. The van der Waals surface area contributed by atoms with Gasteiger partial charge in [-0.25, -0.2) is 9.37 Å². The summed E-state index contributed by atoms with van der Waals surface area (Å²) in [5.74, 6) is 0.0972. The second kappa shape index (κ2) is 9.38. The van der Waals surface area contributed by atoms with Crippen LogP contribution in [0.5, 0.6) is 0 Å². The minimum absolute atomic E-state index is 0.0354. The Bertz CT molecular complexity index is 1370. The van der Waals surface area contributed by atoms with Crippen LogP contribution in [0, 0.1) is 18.7 Å². The molecular formula is C26H25FN4O2S. The third kappa shape index (κ3) is 4.59. The van der Waals surface area contributed by atoms with Gasteiger partial charge in [0.25, 0.3) is 5.56 Å². The lowest BCUT2D eigenvalue weighted by molar-refractivity contribution is -0.120. The van der Waals surface area contributed by atoms with E-state index >= 15 is 0 Å². The number of carbonyl (C=O) groups is 1. The predicted octanol–water partition coefficient (Wildman–Crippen LogP) is 4.81. The Labute approximate surface area is 200 Å². The first-order valence-corrected chi connectivity index (χ1v) is 12.2. The third-order valence-electron chi connectivity index (χ3n) is 6.27. The quantitative estimate of drug-likeness (QED) is 0.449. The molecule has 1 amide bonds. The fourth-order valence-electron chi connectivity index (χ4n) is 4.31. The maximum Gasteiger partial charge on any atom is 0.273 e. The minimum atomic E-state index is -0.335. The first-order valence-electron chi connectivity index (χ1n) is 11.3. The smallest absolute Gasteiger partial charge is 0.273 e. The van der Waals surface area contributed by atoms with Crippen molar-refractivity contribution in [2.75, 3.05) is 23.3 Å². The van der Waals surface area contributed by atoms with E-state index in [-0.39, 0.29) is 23.2 Å². The van der Waals surface area contributed by atoms with Crippen LogP contribution >= 0.6 is 11.3 Å². The number of halogens is 1. The zero-order valence-corrected chi connectivity index (χ0v) is 19.6. The highest BCUT2D eigenvalue weighted by Gasteiger charge is 2.28. The Morgan fingerprint density at radius 1 is 1.09 bits per heavy atom. The molecule has 1 aliphatic rings. The molecule has 1 saturated heterocycles. The molecule has 1 fully saturated rings. The summed E-state index contributed by atoms with van der Waals surface area (Å²) in [6.45, 7) is 3.73. The maximum atomic E-state index is 13.3. The molecule has 8 heteroatoms. The van der Waals surface area contributed by atoms with Gasteiger partial charge in [0.05, 0.1) is 12.1 Å². The lowest BCUT2D eigenvalue weighted by atomic mass is 9.96. The van der Waals surface area contributed by atoms with E-state index in [1.165, 1.54) is 29.0 Å². The number of thiophene rings is 1. The van der Waals surface area contributed by atoms with E-state index in [0.29, 0.717) is 54.3 Å². The molecule has 2 aromatic heterocycles. The van der Waals surface area contributed by atoms with Crippen LogP contribution in [0.25, 0.3) is 10.2 Å². The van der Waals surface area contributed by atoms with Crippen LogP contribution < -0.4 is 15.8 Å². The van der Waals surface area contributed by atoms with Crippen molar-refractivity contribution in [3.8, 4) is 0 Å². The van der Waals surface area contributed by atoms with Gasteiger partial charge >= 0.3 is 0 Å². The molecule has 4 aromatic rings. The minimum Gasteiger partial charge on any atom is -0.342 e. The number of hydrogen-bond donors (Lipinski definition) is 1. The summed E-state index contributed by atoms with van der Waals surface area (Å²) in [5, 5.41) is 4.77. The molecule has 0 spiro atoms. The second-order valence-electron chi connectivity index (χ2n) is 8.68. The monoisotopic (exact) mass is 476 g/mol. The van der Waals surface area contributed by atoms with Crippen molar-refractivity contribution in [3.05, 3.63) is 87.3 Å². The number of aromatic nitrogens is 2. The summed E-state index contributed by atoms with van der Waals surface area (Å²) in [7, 11) is 0. The first-order chi connectivity index (χ1) is 16.5. The SMILES string of the molecule is Cc1ccc(Cn2c(N3CCC(C(=O)Nc4ccc(F)cc4)CC3)nc3ccsc3c2=O)cc1. The molecule has 0 atom stereocenters. The van der Waals surface area contributed by atoms with Gasteiger partial charge in [-0.3, -0.25) is 14.2 Å². The summed E-state index contributed by atoms with van der Waals surface area (Å²) in [6, 6.07) is 15.8. The molecule has 0 aliphatic carbocycles. The van der Waals surface area contributed by atoms with Crippen molar-refractivity contribution in [2.24, 2.45) is 5.92 Å². The van der Waals surface area contributed by atoms with Crippen molar-refractivity contribution in [2.45, 2.75) is 26.3 Å². The highest BCUT2D eigenvalue weighted by molar-refractivity contribution is 7.17. The molecular weight excluding hydrogens is 451 g/mol. The number of amides is 1. The van der Waals surface area contributed by atoms with Crippen molar-refractivity contribution in [1.29, 1.82) is 0 Å². The van der Waals surface area contributed by atoms with Crippen molar-refractivity contribution < 1.29 is 9.18 Å². The van der Waals surface area contributed by atoms with Gasteiger partial charge in [0.15, 0.2) is 0 Å². The van der Waals surface area contributed by atoms with Crippen LogP contribution in [0.2, 0.25) is 0 Å². The Hall–Kier alpha value is -3.52. The molecule has 0 saturated carbocycles. The topological polar surface area (TPSA) is 67.2 Å². The van der Waals surface area contributed by atoms with Gasteiger partial charge in [0.2, 0.25) is 11.9 Å². The Morgan fingerprint density at radius 3 is 2.50 bits per heavy atom. The number of fused-ring (bicyclic) bond motifs is 1. The molecule has 5 rings (SSSR count). The lowest BCUT2D eigenvalue weighted by Crippen LogP contribution is -2.41. The van der Waals surface area contributed by atoms with E-state index in [0.717, 1.165) is 5.56 Å². The fraction of sp³-hybridized carbons (Fsp3) is 0.269. The highest BCUT2D eigenvalue weighted by atomic mass is 32.1. The van der Waals surface area contributed by atoms with E-state index in [1.807, 2.05) is 42.6 Å². The van der Waals surface area contributed by atoms with Crippen LogP contribution in [0.15, 0.2) is 64.8 Å². The number of nitrogens with zero attached hydrogens (tertiary/aromatic N) is 3. The molecule has 2 aromatic carbocycles. The zero-order valence-electron chi connectivity index (χ0n) is 18.8. The second-order valence-corrected chi connectivity index (χ2v) is 9.60. The molecule has 0 unspecified atom stereocenters. The Morgan fingerprint density at radius 2 is 1.79 bits per heavy atom. The summed E-state index contributed by atoms with van der Waals surface area (Å²) >= 11 is 1.41. The standard InChI is InChI=1S/C26H25FN4O2S/c1-17-2-4-18(5-3-17)16-31-25(33)23-22(12-15-34-23)29-26(31)30-13-10-19(11-14-30)24(32)28-21-8-6-20(27)7-9-21/h2-9,12,15,19H,10-11,13-14,16H2,1H3,(H,28,32). The van der Waals surface area contributed by atoms with Crippen LogP contribution in [0.4, 0.5) is 16.0 Å². The van der Waals surface area contributed by atoms with Crippen molar-refractivity contribution in [1.82, 2.24) is 9.55 Å². The zero-order chi connectivity index (χ0) is 23.7. The van der Waals surface area contributed by atoms with Crippen LogP contribution in [-0.4, -0.2) is 28.5 Å². The number of carbonyl (C=O) groups excluding carboxylic acids is 1. The van der Waals surface area contributed by atoms with E-state index in [9.17, 15) is 14.0 Å². The number of nitrogens with one attached hydrogen (secondary N) is 1. The largest absolute Gasteiger partial charge is 0.342 e. The summed E-state index contributed by atoms with van der Waals surface area (Å²) < 4.78 is 15.5. The van der Waals surface area contributed by atoms with E-state index < -0.39 is 0 Å². The number of hydrogen-bond acceptors (Lipinski definition) is 5. The van der Waals surface area contributed by atoms with Crippen LogP contribution in [0.3, 0.4) is 0 Å². The molecule has 3 heterocycles. The summed E-state index contributed by atoms with van der Waals surface area (Å²) in [6.07, 6.45) is 1.30. The fourth-order valence-corrected chi connectivity index (χ4v) is 5.09. The molecule has 1 aliphatic heterocycles. The van der Waals surface area contributed by atoms with E-state index in [1.54, 1.807) is 16.7 Å². The van der Waals surface area contributed by atoms with E-state index in [2.05, 4.69) is 10.2 Å². The molecule has 0 bridgehead atoms. The molecule has 0 radical (unpaired) electrons. The van der Waals surface area contributed by atoms with Gasteiger partial charge in [-0.1, -0.05) is 29.8 Å². The Kier molecular flexibility index (Phi) is 6.15. The predicted molar refractivity (Wildman–Crippen MR) is 134 cm³/mol. The van der Waals surface area contributed by atoms with Gasteiger partial charge in [0, 0.05) is 24.7 Å². The van der Waals surface area contributed by atoms with Gasteiger partial charge in [0.1, 0.15) is 10.5 Å². The van der Waals surface area contributed by atoms with Gasteiger partial charge in [-0.15, -0.1) is 11.3 Å². The van der Waals surface area contributed by atoms with E-state index in [4.69, 9.17) is 4.98 Å². The normalized spacial score (nSPS) is 14.5. The number of piperidine rings is 1. The summed E-state index contributed by atoms with van der Waals surface area (Å²) in [5.41, 5.74) is 3.47. The van der Waals surface area contributed by atoms with Crippen molar-refractivity contribution >= 4 is 39.1 Å². The highest BCUT2D eigenvalue weighted by Crippen LogP contribution is 2.26. The van der Waals surface area contributed by atoms with Crippen LogP contribution in [-0.2, 0) is 11.3 Å². The lowest BCUT2D eigenvalue weighted by Gasteiger charge is -2.33. The Balaban J connectivity index is 1.36. The summed E-state index contributed by atoms with van der Waals surface area (Å²) in [4.78, 5) is 33.0. The van der Waals surface area contributed by atoms with Gasteiger partial charge < -0.3 is 10.2 Å². The number of aryl methyl sites for hydroxylation is 1. The number of rotatable bonds is 5. The van der Waals surface area contributed by atoms with Crippen LogP contribution in [0.1, 0.15) is 24.0 Å². The third-order valence-corrected chi connectivity index (χ3v) is 7.16. The van der Waals surface area contributed by atoms with Crippen molar-refractivity contribution in [3.63, 3.8) is 0 Å². The molecule has 34 heavy (non-hydrogen) atoms. The number of benzene rings is 2. The first kappa shape index (κ1) is 22.3. The maximum absolute atomic E-state index is 13.3. The molecule has 174 valence electrons. The average Bonchev–Trinajstić information content (AvgIpc) is 3.33. The molecule has 6 nitrogen and oxygen atoms in total. The average molecular weight is 477 g/mol. The van der Waals surface area contributed by atoms with Gasteiger partial charge in [-0.05, 0) is 61.0 Å². The molecule has 1 N–H and O–H groups in total.